The van der Waals surface area contributed by atoms with E-state index in [0.29, 0.717) is 0 Å². The third-order valence-electron chi connectivity index (χ3n) is 12.2. The highest BCUT2D eigenvalue weighted by atomic mass is 16.3. The predicted molar refractivity (Wildman–Crippen MR) is 291 cm³/mol. The fraction of sp³-hybridized carbons (Fsp3) is 0.0317. The van der Waals surface area contributed by atoms with E-state index >= 15 is 0 Å². The van der Waals surface area contributed by atoms with Crippen molar-refractivity contribution in [2.45, 2.75) is 13.8 Å². The van der Waals surface area contributed by atoms with Crippen molar-refractivity contribution in [3.63, 3.8) is 0 Å². The number of benzene rings is 6. The van der Waals surface area contributed by atoms with Gasteiger partial charge < -0.3 is 14.4 Å². The monoisotopic (exact) mass is 904 g/mol. The van der Waals surface area contributed by atoms with Crippen LogP contribution in [-0.4, -0.2) is 30.7 Å². The highest BCUT2D eigenvalue weighted by Gasteiger charge is 2.20. The molecule has 0 aliphatic heterocycles. The Morgan fingerprint density at radius 3 is 1.30 bits per heavy atom. The molecule has 0 radical (unpaired) electrons. The Balaban J connectivity index is 0.000000662. The summed E-state index contributed by atoms with van der Waals surface area (Å²) in [5, 5.41) is 10.8. The lowest BCUT2D eigenvalue weighted by atomic mass is 9.94. The van der Waals surface area contributed by atoms with Gasteiger partial charge in [-0.1, -0.05) is 118 Å². The summed E-state index contributed by atoms with van der Waals surface area (Å²) in [5.74, 6) is 0. The Morgan fingerprint density at radius 1 is 0.414 bits per heavy atom. The van der Waals surface area contributed by atoms with Crippen LogP contribution in [-0.2, 0) is 0 Å². The average molecular weight is 905 g/mol. The number of rotatable bonds is 9. The van der Waals surface area contributed by atoms with Gasteiger partial charge in [-0.25, -0.2) is 0 Å². The van der Waals surface area contributed by atoms with Gasteiger partial charge in [0.1, 0.15) is 11.2 Å². The maximum absolute atomic E-state index is 6.61. The van der Waals surface area contributed by atoms with Gasteiger partial charge in [-0.2, -0.15) is 0 Å². The molecule has 70 heavy (non-hydrogen) atoms. The van der Waals surface area contributed by atoms with Crippen LogP contribution < -0.4 is 0 Å². The highest BCUT2D eigenvalue weighted by Crippen LogP contribution is 2.43. The molecule has 0 aliphatic carbocycles. The molecule has 0 atom stereocenters. The lowest BCUT2D eigenvalue weighted by Gasteiger charge is -2.11. The van der Waals surface area contributed by atoms with Crippen molar-refractivity contribution in [2.24, 2.45) is 0 Å². The fourth-order valence-electron chi connectivity index (χ4n) is 9.15. The van der Waals surface area contributed by atoms with Crippen molar-refractivity contribution in [3.8, 4) is 73.0 Å². The van der Waals surface area contributed by atoms with Gasteiger partial charge in [0.05, 0.1) is 33.8 Å². The summed E-state index contributed by atoms with van der Waals surface area (Å²) in [7, 11) is 0. The van der Waals surface area contributed by atoms with Crippen LogP contribution in [0.25, 0.3) is 117 Å². The molecule has 0 amide bonds. The first-order valence-corrected chi connectivity index (χ1v) is 23.4. The molecule has 0 unspecified atom stereocenters. The molecule has 0 saturated heterocycles. The second kappa shape index (κ2) is 20.3. The summed E-state index contributed by atoms with van der Waals surface area (Å²) in [5.41, 5.74) is 17.2. The van der Waals surface area contributed by atoms with E-state index in [1.165, 1.54) is 6.21 Å². The summed E-state index contributed by atoms with van der Waals surface area (Å²) >= 11 is 0. The third kappa shape index (κ3) is 8.60. The zero-order valence-electron chi connectivity index (χ0n) is 38.9. The molecule has 6 aromatic heterocycles. The van der Waals surface area contributed by atoms with Crippen molar-refractivity contribution < 1.29 is 4.42 Å². The van der Waals surface area contributed by atoms with Crippen LogP contribution in [0, 0.1) is 5.41 Å². The Morgan fingerprint density at radius 2 is 0.857 bits per heavy atom. The van der Waals surface area contributed by atoms with Gasteiger partial charge in [-0.15, -0.1) is 0 Å². The van der Waals surface area contributed by atoms with Crippen LogP contribution in [0.3, 0.4) is 0 Å². The number of hydrogen-bond donors (Lipinski definition) is 1. The number of hydrogen-bond acceptors (Lipinski definition) is 6. The van der Waals surface area contributed by atoms with E-state index in [1.54, 1.807) is 18.2 Å². The molecule has 7 heteroatoms. The molecule has 7 nitrogen and oxygen atoms in total. The number of furan rings is 1. The first-order valence-electron chi connectivity index (χ1n) is 23.4. The van der Waals surface area contributed by atoms with Gasteiger partial charge in [0.15, 0.2) is 0 Å². The van der Waals surface area contributed by atoms with Crippen molar-refractivity contribution >= 4 is 50.0 Å². The van der Waals surface area contributed by atoms with E-state index in [4.69, 9.17) is 29.8 Å². The predicted octanol–water partition coefficient (Wildman–Crippen LogP) is 16.7. The number of pyridine rings is 4. The maximum atomic E-state index is 6.61. The summed E-state index contributed by atoms with van der Waals surface area (Å²) in [6, 6.07) is 65.7. The van der Waals surface area contributed by atoms with Gasteiger partial charge in [0, 0.05) is 80.5 Å². The molecular weight excluding hydrogens is 857 g/mol. The Hall–Kier alpha value is -9.33. The minimum absolute atomic E-state index is 0.798. The lowest BCUT2D eigenvalue weighted by Crippen LogP contribution is -1.94. The normalized spacial score (nSPS) is 11.1. The molecular formula is C63H48N6O. The summed E-state index contributed by atoms with van der Waals surface area (Å²) in [4.78, 5) is 18.9. The van der Waals surface area contributed by atoms with Gasteiger partial charge in [-0.3, -0.25) is 19.9 Å². The van der Waals surface area contributed by atoms with E-state index in [0.717, 1.165) is 117 Å². The van der Waals surface area contributed by atoms with Crippen LogP contribution in [0.15, 0.2) is 242 Å². The largest absolute Gasteiger partial charge is 0.456 e. The topological polar surface area (TPSA) is 93.5 Å². The Kier molecular flexibility index (Phi) is 12.9. The van der Waals surface area contributed by atoms with E-state index in [1.807, 2.05) is 99.3 Å². The van der Waals surface area contributed by atoms with Crippen molar-refractivity contribution in [2.75, 3.05) is 0 Å². The second-order valence-corrected chi connectivity index (χ2v) is 16.2. The van der Waals surface area contributed by atoms with E-state index in [2.05, 4.69) is 139 Å². The number of aromatic nitrogens is 5. The first-order chi connectivity index (χ1) is 34.7. The summed E-state index contributed by atoms with van der Waals surface area (Å²) in [6.07, 6.45) is 13.5. The fourth-order valence-corrected chi connectivity index (χ4v) is 9.15. The van der Waals surface area contributed by atoms with Crippen molar-refractivity contribution in [1.82, 2.24) is 24.5 Å². The number of allylic oxidation sites excluding steroid dienone is 3. The van der Waals surface area contributed by atoms with E-state index in [9.17, 15) is 0 Å². The molecule has 12 aromatic rings. The van der Waals surface area contributed by atoms with Crippen molar-refractivity contribution in [3.05, 3.63) is 238 Å². The molecule has 6 aromatic carbocycles. The SMILES string of the molecule is C=C/C=C\C=N.CC.c1ccc(-c2ccccc2-c2ccc3c(c2)c2cc(-c4ccccc4-c4ccccn4)ccc2n3-c2ccc3oc4cc(-c5ccccn5)c(-c5ccccn5)cc4c3c2)nc1. The third-order valence-corrected chi connectivity index (χ3v) is 12.2. The number of fused-ring (bicyclic) bond motifs is 6. The van der Waals surface area contributed by atoms with Crippen LogP contribution in [0.4, 0.5) is 0 Å². The van der Waals surface area contributed by atoms with E-state index < -0.39 is 0 Å². The molecule has 0 fully saturated rings. The zero-order valence-corrected chi connectivity index (χ0v) is 38.9. The van der Waals surface area contributed by atoms with Gasteiger partial charge in [-0.05, 0) is 131 Å². The summed E-state index contributed by atoms with van der Waals surface area (Å²) in [6.45, 7) is 7.41. The zero-order chi connectivity index (χ0) is 47.8. The van der Waals surface area contributed by atoms with Crippen LogP contribution >= 0.6 is 0 Å². The van der Waals surface area contributed by atoms with Gasteiger partial charge in [0.25, 0.3) is 0 Å². The smallest absolute Gasteiger partial charge is 0.136 e. The Bertz CT molecular complexity index is 3670. The molecule has 0 spiro atoms. The van der Waals surface area contributed by atoms with Gasteiger partial charge in [0.2, 0.25) is 0 Å². The van der Waals surface area contributed by atoms with Crippen molar-refractivity contribution in [1.29, 1.82) is 5.41 Å². The van der Waals surface area contributed by atoms with Crippen LogP contribution in [0.2, 0.25) is 0 Å². The molecule has 6 heterocycles. The maximum Gasteiger partial charge on any atom is 0.136 e. The molecule has 0 bridgehead atoms. The van der Waals surface area contributed by atoms with Gasteiger partial charge >= 0.3 is 0 Å². The minimum atomic E-state index is 0.798. The van der Waals surface area contributed by atoms with Crippen LogP contribution in [0.5, 0.6) is 0 Å². The van der Waals surface area contributed by atoms with E-state index in [-0.39, 0.29) is 0 Å². The Labute approximate surface area is 407 Å². The standard InChI is InChI=1S/C56H35N5O.C5H7N.C2H6/c1-3-15-41(49-17-5-9-27-57-49)39(13-1)36-21-24-53-45(31-36)46-32-37(40-14-2-4-16-42(40)50-18-6-10-28-58-50)22-25-54(46)61(53)38-23-26-55-47(33-38)48-34-43(51-19-7-11-29-59-51)44(35-56(48)62-55)52-20-8-12-30-60-52;1-2-3-4-5-6;1-2/h1-35H;2-6H,1H2;1-2H3/b;4-3-,6-5?;. The van der Waals surface area contributed by atoms with Crippen LogP contribution in [0.1, 0.15) is 13.8 Å². The number of nitrogens with one attached hydrogen (secondary N) is 1. The number of nitrogens with zero attached hydrogens (tertiary/aromatic N) is 5. The molecule has 0 aliphatic rings. The average Bonchev–Trinajstić information content (AvgIpc) is 3.97. The molecule has 0 saturated carbocycles. The summed E-state index contributed by atoms with van der Waals surface area (Å²) < 4.78 is 8.99. The highest BCUT2D eigenvalue weighted by molar-refractivity contribution is 6.13. The minimum Gasteiger partial charge on any atom is -0.456 e. The first kappa shape index (κ1) is 44.5. The molecule has 336 valence electrons. The lowest BCUT2D eigenvalue weighted by molar-refractivity contribution is 0.669. The molecule has 12 rings (SSSR count). The second-order valence-electron chi connectivity index (χ2n) is 16.2. The quantitative estimate of drug-likeness (QED) is 0.115. The molecule has 1 N–H and O–H groups in total.